The van der Waals surface area contributed by atoms with Crippen molar-refractivity contribution in [2.45, 2.75) is 64.4 Å². The third-order valence-electron chi connectivity index (χ3n) is 5.97. The van der Waals surface area contributed by atoms with Crippen molar-refractivity contribution in [2.75, 3.05) is 52.3 Å². The second-order valence-electron chi connectivity index (χ2n) is 8.16. The standard InChI is InChI=1S/C20H40N4O4S/c1-3-27-14-11-20(9-5-6-10-20)17-23-19(21-2)22-12-15-29(25,26)24-16-18-8-4-7-13-28-18/h18,24H,3-17H2,1-2H3,(H2,21,22,23). The maximum absolute atomic E-state index is 12.2. The molecule has 1 saturated heterocycles. The van der Waals surface area contributed by atoms with Crippen LogP contribution in [0.5, 0.6) is 0 Å². The predicted molar refractivity (Wildman–Crippen MR) is 117 cm³/mol. The quantitative estimate of drug-likeness (QED) is 0.246. The molecule has 1 heterocycles. The van der Waals surface area contributed by atoms with E-state index < -0.39 is 10.0 Å². The molecular weight excluding hydrogens is 392 g/mol. The fourth-order valence-corrected chi connectivity index (χ4v) is 5.08. The Kier molecular flexibility index (Phi) is 10.7. The number of nitrogens with one attached hydrogen (secondary N) is 3. The minimum atomic E-state index is -3.33. The van der Waals surface area contributed by atoms with E-state index in [1.54, 1.807) is 7.05 Å². The van der Waals surface area contributed by atoms with Crippen LogP contribution in [0.2, 0.25) is 0 Å². The number of hydrogen-bond acceptors (Lipinski definition) is 5. The molecule has 2 fully saturated rings. The lowest BCUT2D eigenvalue weighted by molar-refractivity contribution is 0.0200. The number of aliphatic imine (C=N–C) groups is 1. The zero-order valence-electron chi connectivity index (χ0n) is 18.2. The third kappa shape index (κ3) is 9.19. The molecular formula is C20H40N4O4S. The number of hydrogen-bond donors (Lipinski definition) is 3. The first kappa shape index (κ1) is 24.4. The van der Waals surface area contributed by atoms with Gasteiger partial charge in [-0.15, -0.1) is 0 Å². The molecule has 2 aliphatic rings. The molecule has 2 rings (SSSR count). The maximum atomic E-state index is 12.2. The molecule has 1 aliphatic heterocycles. The summed E-state index contributed by atoms with van der Waals surface area (Å²) in [6.07, 6.45) is 9.04. The summed E-state index contributed by atoms with van der Waals surface area (Å²) in [5, 5.41) is 6.53. The Bertz CT molecular complexity index is 585. The highest BCUT2D eigenvalue weighted by Gasteiger charge is 2.33. The highest BCUT2D eigenvalue weighted by molar-refractivity contribution is 7.89. The molecule has 0 aromatic rings. The predicted octanol–water partition coefficient (Wildman–Crippen LogP) is 1.63. The Labute approximate surface area is 176 Å². The van der Waals surface area contributed by atoms with Crippen LogP contribution in [-0.4, -0.2) is 72.7 Å². The molecule has 0 amide bonds. The first-order valence-corrected chi connectivity index (χ1v) is 12.7. The van der Waals surface area contributed by atoms with Crippen LogP contribution in [-0.2, 0) is 19.5 Å². The van der Waals surface area contributed by atoms with E-state index in [4.69, 9.17) is 9.47 Å². The molecule has 29 heavy (non-hydrogen) atoms. The van der Waals surface area contributed by atoms with Gasteiger partial charge >= 0.3 is 0 Å². The largest absolute Gasteiger partial charge is 0.382 e. The van der Waals surface area contributed by atoms with Gasteiger partial charge in [-0.2, -0.15) is 0 Å². The lowest BCUT2D eigenvalue weighted by Crippen LogP contribution is -2.45. The van der Waals surface area contributed by atoms with Crippen molar-refractivity contribution in [3.05, 3.63) is 0 Å². The summed E-state index contributed by atoms with van der Waals surface area (Å²) in [6.45, 7) is 5.80. The van der Waals surface area contributed by atoms with E-state index >= 15 is 0 Å². The molecule has 8 nitrogen and oxygen atoms in total. The van der Waals surface area contributed by atoms with Gasteiger partial charge in [0.25, 0.3) is 0 Å². The van der Waals surface area contributed by atoms with Crippen molar-refractivity contribution in [1.82, 2.24) is 15.4 Å². The smallest absolute Gasteiger partial charge is 0.213 e. The summed E-state index contributed by atoms with van der Waals surface area (Å²) in [4.78, 5) is 4.24. The Morgan fingerprint density at radius 2 is 2.00 bits per heavy atom. The van der Waals surface area contributed by atoms with Crippen LogP contribution >= 0.6 is 0 Å². The van der Waals surface area contributed by atoms with Gasteiger partial charge in [-0.3, -0.25) is 4.99 Å². The average molecular weight is 433 g/mol. The van der Waals surface area contributed by atoms with Gasteiger partial charge in [0.2, 0.25) is 10.0 Å². The van der Waals surface area contributed by atoms with Gasteiger partial charge in [-0.1, -0.05) is 12.8 Å². The van der Waals surface area contributed by atoms with Crippen LogP contribution in [0.25, 0.3) is 0 Å². The zero-order chi connectivity index (χ0) is 21.0. The Morgan fingerprint density at radius 3 is 2.66 bits per heavy atom. The minimum absolute atomic E-state index is 0.000190. The molecule has 0 aromatic carbocycles. The molecule has 1 aliphatic carbocycles. The first-order chi connectivity index (χ1) is 14.0. The average Bonchev–Trinajstić information content (AvgIpc) is 3.19. The van der Waals surface area contributed by atoms with Gasteiger partial charge < -0.3 is 20.1 Å². The summed E-state index contributed by atoms with van der Waals surface area (Å²) in [5.41, 5.74) is 0.250. The fourth-order valence-electron chi connectivity index (χ4n) is 4.13. The summed E-state index contributed by atoms with van der Waals surface area (Å²) >= 11 is 0. The van der Waals surface area contributed by atoms with Crippen molar-refractivity contribution < 1.29 is 17.9 Å². The van der Waals surface area contributed by atoms with Gasteiger partial charge in [0.1, 0.15) is 0 Å². The second kappa shape index (κ2) is 12.7. The second-order valence-corrected chi connectivity index (χ2v) is 10.1. The van der Waals surface area contributed by atoms with Gasteiger partial charge in [0.05, 0.1) is 11.9 Å². The number of guanidine groups is 1. The van der Waals surface area contributed by atoms with E-state index in [0.29, 0.717) is 19.0 Å². The minimum Gasteiger partial charge on any atom is -0.382 e. The number of rotatable bonds is 12. The van der Waals surface area contributed by atoms with Crippen LogP contribution in [0.1, 0.15) is 58.3 Å². The van der Waals surface area contributed by atoms with Crippen LogP contribution in [0.4, 0.5) is 0 Å². The van der Waals surface area contributed by atoms with E-state index in [1.165, 1.54) is 25.7 Å². The molecule has 170 valence electrons. The Hall–Kier alpha value is -0.900. The molecule has 0 spiro atoms. The van der Waals surface area contributed by atoms with E-state index in [0.717, 1.165) is 52.0 Å². The van der Waals surface area contributed by atoms with Crippen molar-refractivity contribution in [1.29, 1.82) is 0 Å². The zero-order valence-corrected chi connectivity index (χ0v) is 19.0. The molecule has 0 radical (unpaired) electrons. The third-order valence-corrected chi connectivity index (χ3v) is 7.32. The van der Waals surface area contributed by atoms with Crippen LogP contribution in [0, 0.1) is 5.41 Å². The summed E-state index contributed by atoms with van der Waals surface area (Å²) in [5.74, 6) is 0.661. The molecule has 9 heteroatoms. The van der Waals surface area contributed by atoms with E-state index in [1.807, 2.05) is 6.92 Å². The van der Waals surface area contributed by atoms with E-state index in [-0.39, 0.29) is 17.3 Å². The lowest BCUT2D eigenvalue weighted by atomic mass is 9.83. The molecule has 1 unspecified atom stereocenters. The SMILES string of the molecule is CCOCCC1(CNC(=NC)NCCS(=O)(=O)NCC2CCCCO2)CCCC1. The van der Waals surface area contributed by atoms with Crippen LogP contribution < -0.4 is 15.4 Å². The molecule has 1 atom stereocenters. The Morgan fingerprint density at radius 1 is 1.21 bits per heavy atom. The highest BCUT2D eigenvalue weighted by Crippen LogP contribution is 2.40. The normalized spacial score (nSPS) is 22.6. The summed E-state index contributed by atoms with van der Waals surface area (Å²) in [6, 6.07) is 0. The highest BCUT2D eigenvalue weighted by atomic mass is 32.2. The topological polar surface area (TPSA) is 101 Å². The van der Waals surface area contributed by atoms with E-state index in [2.05, 4.69) is 20.3 Å². The first-order valence-electron chi connectivity index (χ1n) is 11.1. The molecule has 0 bridgehead atoms. The summed E-state index contributed by atoms with van der Waals surface area (Å²) < 4.78 is 38.3. The number of ether oxygens (including phenoxy) is 2. The van der Waals surface area contributed by atoms with Gasteiger partial charge in [0.15, 0.2) is 5.96 Å². The van der Waals surface area contributed by atoms with Crippen molar-refractivity contribution in [2.24, 2.45) is 10.4 Å². The molecule has 3 N–H and O–H groups in total. The van der Waals surface area contributed by atoms with Crippen molar-refractivity contribution in [3.63, 3.8) is 0 Å². The number of sulfonamides is 1. The summed E-state index contributed by atoms with van der Waals surface area (Å²) in [7, 11) is -1.62. The van der Waals surface area contributed by atoms with Crippen LogP contribution in [0.15, 0.2) is 4.99 Å². The van der Waals surface area contributed by atoms with Gasteiger partial charge in [0, 0.05) is 46.5 Å². The van der Waals surface area contributed by atoms with E-state index in [9.17, 15) is 8.42 Å². The molecule has 1 saturated carbocycles. The van der Waals surface area contributed by atoms with Crippen LogP contribution in [0.3, 0.4) is 0 Å². The van der Waals surface area contributed by atoms with Crippen molar-refractivity contribution in [3.8, 4) is 0 Å². The maximum Gasteiger partial charge on any atom is 0.213 e. The molecule has 0 aromatic heterocycles. The van der Waals surface area contributed by atoms with Gasteiger partial charge in [-0.05, 0) is 50.9 Å². The monoisotopic (exact) mass is 432 g/mol. The van der Waals surface area contributed by atoms with Crippen molar-refractivity contribution >= 4 is 16.0 Å². The number of nitrogens with zero attached hydrogens (tertiary/aromatic N) is 1. The lowest BCUT2D eigenvalue weighted by Gasteiger charge is -2.30. The Balaban J connectivity index is 1.69. The fraction of sp³-hybridized carbons (Fsp3) is 0.950. The van der Waals surface area contributed by atoms with Gasteiger partial charge in [-0.25, -0.2) is 13.1 Å².